The summed E-state index contributed by atoms with van der Waals surface area (Å²) in [5, 5.41) is 5.39. The van der Waals surface area contributed by atoms with E-state index in [1.807, 2.05) is 48.5 Å². The summed E-state index contributed by atoms with van der Waals surface area (Å²) in [5.74, 6) is 2.00. The summed E-state index contributed by atoms with van der Waals surface area (Å²) in [6.45, 7) is 0.304. The molecule has 0 radical (unpaired) electrons. The average molecular weight is 431 g/mol. The quantitative estimate of drug-likeness (QED) is 0.349. The number of hydrogen-bond acceptors (Lipinski definition) is 5. The monoisotopic (exact) mass is 430 g/mol. The first kappa shape index (κ1) is 20.8. The van der Waals surface area contributed by atoms with E-state index in [0.29, 0.717) is 28.2 Å². The molecule has 0 heterocycles. The molecule has 7 heteroatoms. The van der Waals surface area contributed by atoms with E-state index in [1.165, 1.54) is 0 Å². The minimum absolute atomic E-state index is 0.304. The number of rotatable bonds is 8. The molecule has 0 amide bonds. The van der Waals surface area contributed by atoms with E-state index in [9.17, 15) is 0 Å². The molecular formula is C22H20Cl2N2O3. The summed E-state index contributed by atoms with van der Waals surface area (Å²) >= 11 is 12.1. The zero-order chi connectivity index (χ0) is 20.6. The fourth-order valence-corrected chi connectivity index (χ4v) is 2.99. The molecule has 1 N–H and O–H groups in total. The lowest BCUT2D eigenvalue weighted by molar-refractivity contribution is 0.284. The van der Waals surface area contributed by atoms with Gasteiger partial charge in [0.2, 0.25) is 0 Å². The zero-order valence-electron chi connectivity index (χ0n) is 16.0. The lowest BCUT2D eigenvalue weighted by atomic mass is 10.2. The van der Waals surface area contributed by atoms with Crippen LogP contribution in [0.5, 0.6) is 17.2 Å². The first-order chi connectivity index (χ1) is 14.1. The number of nitrogens with one attached hydrogen (secondary N) is 1. The van der Waals surface area contributed by atoms with Crippen LogP contribution in [0.3, 0.4) is 0 Å². The van der Waals surface area contributed by atoms with E-state index in [0.717, 1.165) is 22.6 Å². The summed E-state index contributed by atoms with van der Waals surface area (Å²) in [6, 6.07) is 18.4. The molecule has 0 unspecified atom stereocenters. The van der Waals surface area contributed by atoms with E-state index in [4.69, 9.17) is 37.4 Å². The predicted molar refractivity (Wildman–Crippen MR) is 118 cm³/mol. The standard InChI is InChI=1S/C22H20Cl2N2O3/c1-27-19-8-6-18(7-9-19)26-25-13-15-3-10-21(22(11-15)28-2)29-14-16-4-5-17(23)12-20(16)24/h3-13,26H,14H2,1-2H3/b25-13+. The van der Waals surface area contributed by atoms with Gasteiger partial charge in [-0.1, -0.05) is 29.3 Å². The third-order valence-corrected chi connectivity index (χ3v) is 4.67. The lowest BCUT2D eigenvalue weighted by Gasteiger charge is -2.12. The Kier molecular flexibility index (Phi) is 7.22. The number of hydrogen-bond donors (Lipinski definition) is 1. The van der Waals surface area contributed by atoms with Crippen LogP contribution in [-0.2, 0) is 6.61 Å². The summed E-state index contributed by atoms with van der Waals surface area (Å²) in [6.07, 6.45) is 1.70. The van der Waals surface area contributed by atoms with Crippen molar-refractivity contribution in [1.29, 1.82) is 0 Å². The molecule has 5 nitrogen and oxygen atoms in total. The van der Waals surface area contributed by atoms with Crippen LogP contribution in [0.1, 0.15) is 11.1 Å². The topological polar surface area (TPSA) is 52.1 Å². The van der Waals surface area contributed by atoms with Crippen molar-refractivity contribution in [1.82, 2.24) is 0 Å². The highest BCUT2D eigenvalue weighted by Gasteiger charge is 2.08. The Hall–Kier alpha value is -2.89. The maximum Gasteiger partial charge on any atom is 0.161 e. The Bertz CT molecular complexity index is 992. The Balaban J connectivity index is 1.64. The number of methoxy groups -OCH3 is 2. The first-order valence-electron chi connectivity index (χ1n) is 8.77. The second kappa shape index (κ2) is 10.0. The van der Waals surface area contributed by atoms with Gasteiger partial charge in [-0.3, -0.25) is 5.43 Å². The second-order valence-electron chi connectivity index (χ2n) is 6.03. The zero-order valence-corrected chi connectivity index (χ0v) is 17.5. The van der Waals surface area contributed by atoms with Crippen molar-refractivity contribution in [3.63, 3.8) is 0 Å². The van der Waals surface area contributed by atoms with E-state index >= 15 is 0 Å². The van der Waals surface area contributed by atoms with Crippen molar-refractivity contribution in [3.8, 4) is 17.2 Å². The van der Waals surface area contributed by atoms with Gasteiger partial charge in [0.25, 0.3) is 0 Å². The Labute approximate surface area is 179 Å². The van der Waals surface area contributed by atoms with Crippen molar-refractivity contribution in [2.45, 2.75) is 6.61 Å². The van der Waals surface area contributed by atoms with Crippen LogP contribution in [-0.4, -0.2) is 20.4 Å². The molecule has 0 aliphatic heterocycles. The van der Waals surface area contributed by atoms with Crippen molar-refractivity contribution < 1.29 is 14.2 Å². The summed E-state index contributed by atoms with van der Waals surface area (Å²) in [7, 11) is 3.22. The van der Waals surface area contributed by atoms with Crippen LogP contribution in [0.2, 0.25) is 10.0 Å². The second-order valence-corrected chi connectivity index (χ2v) is 6.88. The summed E-state index contributed by atoms with van der Waals surface area (Å²) < 4.78 is 16.4. The highest BCUT2D eigenvalue weighted by atomic mass is 35.5. The average Bonchev–Trinajstić information content (AvgIpc) is 2.74. The maximum atomic E-state index is 6.19. The molecule has 0 aromatic heterocycles. The van der Waals surface area contributed by atoms with Gasteiger partial charge in [-0.05, 0) is 60.2 Å². The minimum atomic E-state index is 0.304. The smallest absolute Gasteiger partial charge is 0.161 e. The minimum Gasteiger partial charge on any atom is -0.497 e. The van der Waals surface area contributed by atoms with Crippen molar-refractivity contribution in [2.75, 3.05) is 19.6 Å². The number of benzene rings is 3. The molecule has 0 atom stereocenters. The van der Waals surface area contributed by atoms with Crippen LogP contribution >= 0.6 is 23.2 Å². The van der Waals surface area contributed by atoms with E-state index in [1.54, 1.807) is 32.6 Å². The first-order valence-corrected chi connectivity index (χ1v) is 9.52. The lowest BCUT2D eigenvalue weighted by Crippen LogP contribution is -1.99. The molecule has 0 saturated heterocycles. The normalized spacial score (nSPS) is 10.8. The molecule has 0 aliphatic rings. The number of halogens is 2. The predicted octanol–water partition coefficient (Wildman–Crippen LogP) is 6.04. The van der Waals surface area contributed by atoms with E-state index in [-0.39, 0.29) is 0 Å². The molecule has 3 aromatic carbocycles. The highest BCUT2D eigenvalue weighted by molar-refractivity contribution is 6.35. The summed E-state index contributed by atoms with van der Waals surface area (Å²) in [5.41, 5.74) is 5.53. The molecule has 0 bridgehead atoms. The third-order valence-electron chi connectivity index (χ3n) is 4.08. The Morgan fingerprint density at radius 1 is 0.897 bits per heavy atom. The largest absolute Gasteiger partial charge is 0.497 e. The van der Waals surface area contributed by atoms with Crippen LogP contribution < -0.4 is 19.6 Å². The van der Waals surface area contributed by atoms with Crippen molar-refractivity contribution >= 4 is 35.1 Å². The van der Waals surface area contributed by atoms with Gasteiger partial charge in [0, 0.05) is 15.6 Å². The highest BCUT2D eigenvalue weighted by Crippen LogP contribution is 2.30. The maximum absolute atomic E-state index is 6.19. The fraction of sp³-hybridized carbons (Fsp3) is 0.136. The van der Waals surface area contributed by atoms with Gasteiger partial charge in [0.1, 0.15) is 12.4 Å². The molecule has 150 valence electrons. The molecule has 29 heavy (non-hydrogen) atoms. The van der Waals surface area contributed by atoms with Gasteiger partial charge >= 0.3 is 0 Å². The van der Waals surface area contributed by atoms with Crippen LogP contribution in [0.25, 0.3) is 0 Å². The van der Waals surface area contributed by atoms with Gasteiger partial charge in [0.15, 0.2) is 11.5 Å². The van der Waals surface area contributed by atoms with E-state index in [2.05, 4.69) is 10.5 Å². The van der Waals surface area contributed by atoms with E-state index < -0.39 is 0 Å². The molecular weight excluding hydrogens is 411 g/mol. The van der Waals surface area contributed by atoms with Gasteiger partial charge in [-0.2, -0.15) is 5.10 Å². The van der Waals surface area contributed by atoms with Gasteiger partial charge in [-0.25, -0.2) is 0 Å². The van der Waals surface area contributed by atoms with Gasteiger partial charge in [-0.15, -0.1) is 0 Å². The van der Waals surface area contributed by atoms with Crippen molar-refractivity contribution in [3.05, 3.63) is 81.8 Å². The van der Waals surface area contributed by atoms with Gasteiger partial charge in [0.05, 0.1) is 26.1 Å². The Morgan fingerprint density at radius 3 is 2.38 bits per heavy atom. The molecule has 0 saturated carbocycles. The number of ether oxygens (including phenoxy) is 3. The van der Waals surface area contributed by atoms with Crippen LogP contribution in [0, 0.1) is 0 Å². The third kappa shape index (κ3) is 5.79. The molecule has 3 rings (SSSR count). The number of anilines is 1. The number of nitrogens with zero attached hydrogens (tertiary/aromatic N) is 1. The van der Waals surface area contributed by atoms with Crippen molar-refractivity contribution in [2.24, 2.45) is 5.10 Å². The SMILES string of the molecule is COc1ccc(N/N=C/c2ccc(OCc3ccc(Cl)cc3Cl)c(OC)c2)cc1. The molecule has 0 aliphatic carbocycles. The van der Waals surface area contributed by atoms with Crippen LogP contribution in [0.4, 0.5) is 5.69 Å². The summed E-state index contributed by atoms with van der Waals surface area (Å²) in [4.78, 5) is 0. The molecule has 0 fully saturated rings. The Morgan fingerprint density at radius 2 is 1.69 bits per heavy atom. The molecule has 3 aromatic rings. The fourth-order valence-electron chi connectivity index (χ4n) is 2.52. The van der Waals surface area contributed by atoms with Gasteiger partial charge < -0.3 is 14.2 Å². The number of hydrazone groups is 1. The van der Waals surface area contributed by atoms with Crippen LogP contribution in [0.15, 0.2) is 65.8 Å². The molecule has 0 spiro atoms.